The van der Waals surface area contributed by atoms with E-state index in [1.165, 1.54) is 226 Å². The highest BCUT2D eigenvalue weighted by Gasteiger charge is 2.27. The fourth-order valence-corrected chi connectivity index (χ4v) is 25.9. The minimum absolute atomic E-state index is 0.994. The summed E-state index contributed by atoms with van der Waals surface area (Å²) in [4.78, 5) is 4.93. The molecule has 680 valence electrons. The van der Waals surface area contributed by atoms with E-state index >= 15 is 0 Å². The zero-order valence-corrected chi connectivity index (χ0v) is 81.0. The molecule has 0 fully saturated rings. The Labute approximate surface area is 847 Å². The molecule has 0 radical (unpaired) electrons. The number of para-hydroxylation sites is 9. The second kappa shape index (κ2) is 35.5. The predicted octanol–water partition coefficient (Wildman–Crippen LogP) is 37.9. The van der Waals surface area contributed by atoms with Crippen LogP contribution in [-0.4, -0.2) is 32.4 Å². The zero-order valence-electron chi connectivity index (χ0n) is 78.6. The molecule has 10 heterocycles. The van der Waals surface area contributed by atoms with E-state index in [9.17, 15) is 0 Å². The maximum Gasteiger partial charge on any atom is 0.0803 e. The molecule has 145 heavy (non-hydrogen) atoms. The van der Waals surface area contributed by atoms with Gasteiger partial charge in [0.05, 0.1) is 91.5 Å². The minimum Gasteiger partial charge on any atom is -0.309 e. The summed E-state index contributed by atoms with van der Waals surface area (Å²) in [5.41, 5.74) is 34.8. The maximum atomic E-state index is 4.93. The van der Waals surface area contributed by atoms with Gasteiger partial charge in [-0.3, -0.25) is 0 Å². The van der Waals surface area contributed by atoms with E-state index in [0.29, 0.717) is 0 Å². The second-order valence-electron chi connectivity index (χ2n) is 37.1. The van der Waals surface area contributed by atoms with Gasteiger partial charge in [0.1, 0.15) is 0 Å². The normalized spacial score (nSPS) is 11.7. The molecule has 0 saturated carbocycles. The number of benzene rings is 21. The molecule has 10 aromatic heterocycles. The number of hydrogen-bond donors (Lipinski definition) is 0. The Morgan fingerprint density at radius 3 is 0.931 bits per heavy atom. The summed E-state index contributed by atoms with van der Waals surface area (Å²) in [6.45, 7) is 0. The van der Waals surface area contributed by atoms with E-state index in [-0.39, 0.29) is 0 Å². The highest BCUT2D eigenvalue weighted by atomic mass is 32.1. The molecule has 7 nitrogen and oxygen atoms in total. The Hall–Kier alpha value is -18.3. The summed E-state index contributed by atoms with van der Waals surface area (Å²) in [5.74, 6) is 0. The lowest BCUT2D eigenvalue weighted by Crippen LogP contribution is -1.96. The molecular weight excluding hydrogens is 1820 g/mol. The van der Waals surface area contributed by atoms with Gasteiger partial charge in [-0.15, -0.1) is 34.0 Å². The third-order valence-electron chi connectivity index (χ3n) is 28.7. The van der Waals surface area contributed by atoms with Gasteiger partial charge < -0.3 is 27.4 Å². The standard InChI is InChI=1S/C38H26N2.C36H23NS.C32H20N2S.C29H18N2S/c1-4-14-27(15-5-1)29-24-30(28-16-6-2-7-17-28)26-32(25-29)40-36-23-13-11-21-34(36)37-38(40)33-20-10-12-22-35(33)39(37)31-18-8-3-9-19-31;1-2-10-24(11-3-1)28-21-29(27-19-18-25-12-4-5-13-26(25)20-27)23-30(22-28)37-33-16-8-6-14-31(33)36-35(37)32-15-7-9-17-34(32)38-36;1-2-10-21(11-3-1)33-27-15-7-4-12-23(27)26-20-22(18-19-29(26)33)34-28-16-8-5-13-24(28)32-31(34)25-14-6-9-17-30(25)35-32;1-4-13-24-19(8-1)16-17-25(30-24)20-9-7-10-21(18-20)31-26-14-5-2-11-22(26)29-28(31)23-12-3-6-15-27(23)32-29/h1-26H;1-23H;1-20H;1-18H. The second-order valence-corrected chi connectivity index (χ2v) is 40.3. The lowest BCUT2D eigenvalue weighted by atomic mass is 9.96. The fraction of sp³-hybridized carbons (Fsp3) is 0. The van der Waals surface area contributed by atoms with Gasteiger partial charge in [-0.05, 0) is 219 Å². The van der Waals surface area contributed by atoms with Crippen LogP contribution in [0.15, 0.2) is 528 Å². The van der Waals surface area contributed by atoms with Crippen LogP contribution in [0.1, 0.15) is 0 Å². The molecule has 0 atom stereocenters. The van der Waals surface area contributed by atoms with Crippen molar-refractivity contribution in [2.24, 2.45) is 0 Å². The molecule has 0 aliphatic rings. The van der Waals surface area contributed by atoms with Gasteiger partial charge in [0.25, 0.3) is 0 Å². The van der Waals surface area contributed by atoms with E-state index in [1.807, 2.05) is 40.1 Å². The van der Waals surface area contributed by atoms with Crippen LogP contribution in [0.5, 0.6) is 0 Å². The van der Waals surface area contributed by atoms with Gasteiger partial charge in [-0.2, -0.15) is 0 Å². The van der Waals surface area contributed by atoms with Crippen LogP contribution in [0.25, 0.3) is 260 Å². The molecule has 0 bridgehead atoms. The number of rotatable bonds is 11. The molecule has 10 heteroatoms. The smallest absolute Gasteiger partial charge is 0.0803 e. The largest absolute Gasteiger partial charge is 0.309 e. The van der Waals surface area contributed by atoms with E-state index in [0.717, 1.165) is 33.5 Å². The molecular formula is C135H87N7S3. The highest BCUT2D eigenvalue weighted by Crippen LogP contribution is 2.50. The van der Waals surface area contributed by atoms with Gasteiger partial charge in [0.2, 0.25) is 0 Å². The van der Waals surface area contributed by atoms with Crippen molar-refractivity contribution in [2.75, 3.05) is 0 Å². The first kappa shape index (κ1) is 84.8. The Morgan fingerprint density at radius 1 is 0.145 bits per heavy atom. The Morgan fingerprint density at radius 2 is 0.455 bits per heavy atom. The van der Waals surface area contributed by atoms with Crippen molar-refractivity contribution < 1.29 is 0 Å². The Balaban J connectivity index is 0.0000000941. The predicted molar refractivity (Wildman–Crippen MR) is 620 cm³/mol. The topological polar surface area (TPSA) is 42.5 Å². The average molecular weight is 1900 g/mol. The van der Waals surface area contributed by atoms with Crippen molar-refractivity contribution in [1.82, 2.24) is 32.4 Å². The molecule has 0 aliphatic heterocycles. The lowest BCUT2D eigenvalue weighted by Gasteiger charge is -2.14. The van der Waals surface area contributed by atoms with Gasteiger partial charge in [0, 0.05) is 113 Å². The van der Waals surface area contributed by atoms with Crippen LogP contribution in [0.4, 0.5) is 0 Å². The summed E-state index contributed by atoms with van der Waals surface area (Å²) >= 11 is 5.65. The first-order valence-electron chi connectivity index (χ1n) is 49.3. The summed E-state index contributed by atoms with van der Waals surface area (Å²) < 4.78 is 22.6. The van der Waals surface area contributed by atoms with Crippen molar-refractivity contribution >= 4 is 204 Å². The van der Waals surface area contributed by atoms with Crippen molar-refractivity contribution in [3.8, 4) is 89.9 Å². The van der Waals surface area contributed by atoms with Crippen LogP contribution >= 0.6 is 34.0 Å². The van der Waals surface area contributed by atoms with Gasteiger partial charge in [-0.1, -0.05) is 364 Å². The van der Waals surface area contributed by atoms with Crippen molar-refractivity contribution in [3.05, 3.63) is 528 Å². The number of hydrogen-bond acceptors (Lipinski definition) is 4. The SMILES string of the molecule is c1cc(-c2ccc3ccccc3n2)cc(-n2c3ccccc3c3sc4ccccc4c32)c1.c1ccc(-c2cc(-c3ccc4ccccc4c3)cc(-n3c4ccccc4c4sc5ccccc5c43)c2)cc1.c1ccc(-c2cc(-c3ccccc3)cc(-n3c4ccccc4c4c3c3ccccc3n4-c3ccccc3)c2)cc1.c1ccc(-n2c3ccccc3c3cc(-n4c5ccccc5c5sc6ccccc6c54)ccc32)cc1. The zero-order chi connectivity index (χ0) is 95.5. The number of aromatic nitrogens is 7. The van der Waals surface area contributed by atoms with Gasteiger partial charge in [-0.25, -0.2) is 4.98 Å². The van der Waals surface area contributed by atoms with E-state index < -0.39 is 0 Å². The minimum atomic E-state index is 0.994. The maximum absolute atomic E-state index is 4.93. The molecule has 0 amide bonds. The first-order valence-corrected chi connectivity index (χ1v) is 51.7. The third kappa shape index (κ3) is 14.5. The number of fused-ring (bicyclic) bond motifs is 25. The van der Waals surface area contributed by atoms with Gasteiger partial charge >= 0.3 is 0 Å². The van der Waals surface area contributed by atoms with Crippen LogP contribution < -0.4 is 0 Å². The lowest BCUT2D eigenvalue weighted by molar-refractivity contribution is 1.17. The van der Waals surface area contributed by atoms with Gasteiger partial charge in [0.15, 0.2) is 0 Å². The monoisotopic (exact) mass is 1900 g/mol. The number of thiophene rings is 3. The molecule has 0 N–H and O–H groups in total. The quantitative estimate of drug-likeness (QED) is 0.127. The first-order chi connectivity index (χ1) is 71.9. The van der Waals surface area contributed by atoms with E-state index in [1.54, 1.807) is 0 Å². The van der Waals surface area contributed by atoms with Crippen LogP contribution in [0.3, 0.4) is 0 Å². The summed E-state index contributed by atoms with van der Waals surface area (Å²) in [5, 5.41) is 16.6. The molecule has 0 saturated heterocycles. The highest BCUT2D eigenvalue weighted by molar-refractivity contribution is 7.27. The summed E-state index contributed by atoms with van der Waals surface area (Å²) in [6.07, 6.45) is 0. The van der Waals surface area contributed by atoms with E-state index in [4.69, 9.17) is 4.98 Å². The third-order valence-corrected chi connectivity index (χ3v) is 32.3. The van der Waals surface area contributed by atoms with Crippen molar-refractivity contribution in [3.63, 3.8) is 0 Å². The summed E-state index contributed by atoms with van der Waals surface area (Å²) in [7, 11) is 0. The Kier molecular flexibility index (Phi) is 20.7. The summed E-state index contributed by atoms with van der Waals surface area (Å²) in [6, 6.07) is 190. The molecule has 0 spiro atoms. The number of nitrogens with zero attached hydrogens (tertiary/aromatic N) is 7. The van der Waals surface area contributed by atoms with Crippen molar-refractivity contribution in [1.29, 1.82) is 0 Å². The van der Waals surface area contributed by atoms with Crippen LogP contribution in [-0.2, 0) is 0 Å². The molecule has 21 aromatic carbocycles. The van der Waals surface area contributed by atoms with Crippen molar-refractivity contribution in [2.45, 2.75) is 0 Å². The van der Waals surface area contributed by atoms with Crippen LogP contribution in [0.2, 0.25) is 0 Å². The Bertz CT molecular complexity index is 10400. The fourth-order valence-electron chi connectivity index (χ4n) is 22.3. The van der Waals surface area contributed by atoms with E-state index in [2.05, 4.69) is 549 Å². The molecule has 0 unspecified atom stereocenters. The molecule has 31 rings (SSSR count). The number of pyridine rings is 1. The molecule has 0 aliphatic carbocycles. The average Bonchev–Trinajstić information content (AvgIpc) is 1.55. The molecule has 31 aromatic rings. The van der Waals surface area contributed by atoms with Crippen LogP contribution in [0, 0.1) is 0 Å².